The van der Waals surface area contributed by atoms with E-state index in [2.05, 4.69) is 16.0 Å². The van der Waals surface area contributed by atoms with Gasteiger partial charge in [0, 0.05) is 30.1 Å². The van der Waals surface area contributed by atoms with E-state index in [9.17, 15) is 9.59 Å². The second kappa shape index (κ2) is 7.97. The Kier molecular flexibility index (Phi) is 6.61. The molecule has 0 bridgehead atoms. The summed E-state index contributed by atoms with van der Waals surface area (Å²) in [5.41, 5.74) is 0.785. The van der Waals surface area contributed by atoms with Crippen molar-refractivity contribution < 1.29 is 9.59 Å². The Labute approximate surface area is 128 Å². The molecule has 0 radical (unpaired) electrons. The van der Waals surface area contributed by atoms with E-state index >= 15 is 0 Å². The lowest BCUT2D eigenvalue weighted by Gasteiger charge is -2.16. The molecule has 0 aromatic heterocycles. The Bertz CT molecular complexity index is 495. The highest BCUT2D eigenvalue weighted by molar-refractivity contribution is 6.35. The highest BCUT2D eigenvalue weighted by Crippen LogP contribution is 2.25. The van der Waals surface area contributed by atoms with Crippen molar-refractivity contribution in [3.05, 3.63) is 33.8 Å². The lowest BCUT2D eigenvalue weighted by molar-refractivity contribution is -0.118. The number of carbonyl (C=O) groups is 2. The van der Waals surface area contributed by atoms with E-state index < -0.39 is 0 Å². The number of benzene rings is 1. The van der Waals surface area contributed by atoms with Crippen LogP contribution in [0, 0.1) is 0 Å². The number of hydrogen-bond donors (Lipinski definition) is 3. The molecule has 1 rings (SSSR count). The van der Waals surface area contributed by atoms with Gasteiger partial charge in [0.25, 0.3) is 0 Å². The Morgan fingerprint density at radius 1 is 1.20 bits per heavy atom. The van der Waals surface area contributed by atoms with Gasteiger partial charge in [-0.2, -0.15) is 0 Å². The Morgan fingerprint density at radius 3 is 2.45 bits per heavy atom. The van der Waals surface area contributed by atoms with Crippen LogP contribution in [0.25, 0.3) is 0 Å². The van der Waals surface area contributed by atoms with Crippen molar-refractivity contribution in [2.24, 2.45) is 0 Å². The molecule has 0 aliphatic carbocycles. The summed E-state index contributed by atoms with van der Waals surface area (Å²) in [4.78, 5) is 22.3. The second-order valence-electron chi connectivity index (χ2n) is 4.27. The minimum absolute atomic E-state index is 0.131. The number of rotatable bonds is 5. The van der Waals surface area contributed by atoms with E-state index in [4.69, 9.17) is 23.2 Å². The number of urea groups is 1. The average molecular weight is 318 g/mol. The van der Waals surface area contributed by atoms with Crippen LogP contribution in [0.3, 0.4) is 0 Å². The zero-order chi connectivity index (χ0) is 15.1. The molecule has 1 unspecified atom stereocenters. The third-order valence-electron chi connectivity index (χ3n) is 2.56. The van der Waals surface area contributed by atoms with Crippen LogP contribution in [0.2, 0.25) is 10.0 Å². The highest BCUT2D eigenvalue weighted by atomic mass is 35.5. The summed E-state index contributed by atoms with van der Waals surface area (Å²) in [5, 5.41) is 9.02. The summed E-state index contributed by atoms with van der Waals surface area (Å²) in [6, 6.07) is 4.54. The van der Waals surface area contributed by atoms with Crippen LogP contribution in [0.4, 0.5) is 4.79 Å². The molecule has 0 fully saturated rings. The van der Waals surface area contributed by atoms with Crippen molar-refractivity contribution in [2.45, 2.75) is 19.9 Å². The maximum Gasteiger partial charge on any atom is 0.315 e. The van der Waals surface area contributed by atoms with E-state index in [0.717, 1.165) is 5.56 Å². The number of halogens is 2. The first-order valence-electron chi connectivity index (χ1n) is 6.14. The van der Waals surface area contributed by atoms with Crippen molar-refractivity contribution in [1.82, 2.24) is 16.0 Å². The Hall–Kier alpha value is -1.46. The zero-order valence-corrected chi connectivity index (χ0v) is 12.8. The van der Waals surface area contributed by atoms with Gasteiger partial charge < -0.3 is 16.0 Å². The van der Waals surface area contributed by atoms with Crippen LogP contribution >= 0.6 is 23.2 Å². The van der Waals surface area contributed by atoms with E-state index in [1.165, 1.54) is 6.92 Å². The Morgan fingerprint density at radius 2 is 1.85 bits per heavy atom. The molecule has 20 heavy (non-hydrogen) atoms. The van der Waals surface area contributed by atoms with Crippen LogP contribution in [-0.2, 0) is 4.79 Å². The van der Waals surface area contributed by atoms with E-state index in [-0.39, 0.29) is 18.0 Å². The molecule has 1 aromatic carbocycles. The fourth-order valence-electron chi connectivity index (χ4n) is 1.59. The zero-order valence-electron chi connectivity index (χ0n) is 11.3. The topological polar surface area (TPSA) is 70.2 Å². The van der Waals surface area contributed by atoms with Gasteiger partial charge in [0.2, 0.25) is 5.91 Å². The molecule has 1 atom stereocenters. The monoisotopic (exact) mass is 317 g/mol. The SMILES string of the molecule is CC(=O)NCCNC(=O)NC(C)c1ccc(Cl)cc1Cl. The van der Waals surface area contributed by atoms with Crippen molar-refractivity contribution in [2.75, 3.05) is 13.1 Å². The molecule has 3 amide bonds. The number of hydrogen-bond acceptors (Lipinski definition) is 2. The van der Waals surface area contributed by atoms with Crippen LogP contribution in [-0.4, -0.2) is 25.0 Å². The van der Waals surface area contributed by atoms with E-state index in [0.29, 0.717) is 23.1 Å². The Balaban J connectivity index is 2.43. The maximum absolute atomic E-state index is 11.6. The van der Waals surface area contributed by atoms with Gasteiger partial charge in [-0.05, 0) is 24.6 Å². The molecule has 0 aliphatic heterocycles. The standard InChI is InChI=1S/C13H17Cl2N3O2/c1-8(11-4-3-10(14)7-12(11)15)18-13(20)17-6-5-16-9(2)19/h3-4,7-8H,5-6H2,1-2H3,(H,16,19)(H2,17,18,20). The van der Waals surface area contributed by atoms with Gasteiger partial charge in [0.15, 0.2) is 0 Å². The van der Waals surface area contributed by atoms with Gasteiger partial charge in [-0.1, -0.05) is 29.3 Å². The normalized spacial score (nSPS) is 11.6. The summed E-state index contributed by atoms with van der Waals surface area (Å²) >= 11 is 11.9. The van der Waals surface area contributed by atoms with Gasteiger partial charge in [-0.25, -0.2) is 4.79 Å². The van der Waals surface area contributed by atoms with Crippen molar-refractivity contribution in [3.63, 3.8) is 0 Å². The molecule has 0 saturated heterocycles. The number of amides is 3. The second-order valence-corrected chi connectivity index (χ2v) is 5.11. The van der Waals surface area contributed by atoms with Crippen LogP contribution in [0.15, 0.2) is 18.2 Å². The third-order valence-corrected chi connectivity index (χ3v) is 3.12. The molecule has 0 aliphatic rings. The van der Waals surface area contributed by atoms with Crippen LogP contribution in [0.5, 0.6) is 0 Å². The first kappa shape index (κ1) is 16.6. The van der Waals surface area contributed by atoms with Gasteiger partial charge in [0.05, 0.1) is 6.04 Å². The quantitative estimate of drug-likeness (QED) is 0.730. The summed E-state index contributed by atoms with van der Waals surface area (Å²) in [6.45, 7) is 3.98. The van der Waals surface area contributed by atoms with Crippen LogP contribution in [0.1, 0.15) is 25.5 Å². The molecule has 7 heteroatoms. The first-order chi connectivity index (χ1) is 9.40. The minimum Gasteiger partial charge on any atom is -0.355 e. The molecule has 0 heterocycles. The fraction of sp³-hybridized carbons (Fsp3) is 0.385. The third kappa shape index (κ3) is 5.67. The molecular formula is C13H17Cl2N3O2. The van der Waals surface area contributed by atoms with Crippen LogP contribution < -0.4 is 16.0 Å². The first-order valence-corrected chi connectivity index (χ1v) is 6.89. The van der Waals surface area contributed by atoms with Gasteiger partial charge >= 0.3 is 6.03 Å². The van der Waals surface area contributed by atoms with Crippen molar-refractivity contribution in [1.29, 1.82) is 0 Å². The molecule has 0 saturated carbocycles. The summed E-state index contributed by atoms with van der Waals surface area (Å²) in [6.07, 6.45) is 0. The van der Waals surface area contributed by atoms with Crippen molar-refractivity contribution >= 4 is 35.1 Å². The summed E-state index contributed by atoms with van der Waals surface area (Å²) in [5.74, 6) is -0.131. The molecule has 1 aromatic rings. The van der Waals surface area contributed by atoms with Gasteiger partial charge in [-0.3, -0.25) is 4.79 Å². The largest absolute Gasteiger partial charge is 0.355 e. The van der Waals surface area contributed by atoms with Gasteiger partial charge in [-0.15, -0.1) is 0 Å². The molecule has 110 valence electrons. The lowest BCUT2D eigenvalue weighted by atomic mass is 10.1. The predicted octanol–water partition coefficient (Wildman–Crippen LogP) is 2.49. The summed E-state index contributed by atoms with van der Waals surface area (Å²) in [7, 11) is 0. The van der Waals surface area contributed by atoms with Crippen molar-refractivity contribution in [3.8, 4) is 0 Å². The fourth-order valence-corrected chi connectivity index (χ4v) is 2.16. The number of carbonyl (C=O) groups excluding carboxylic acids is 2. The smallest absolute Gasteiger partial charge is 0.315 e. The molecule has 3 N–H and O–H groups in total. The van der Waals surface area contributed by atoms with Gasteiger partial charge in [0.1, 0.15) is 0 Å². The molecule has 0 spiro atoms. The highest BCUT2D eigenvalue weighted by Gasteiger charge is 2.12. The molecule has 5 nitrogen and oxygen atoms in total. The maximum atomic E-state index is 11.6. The summed E-state index contributed by atoms with van der Waals surface area (Å²) < 4.78 is 0. The number of nitrogens with one attached hydrogen (secondary N) is 3. The lowest BCUT2D eigenvalue weighted by Crippen LogP contribution is -2.40. The molecular weight excluding hydrogens is 301 g/mol. The average Bonchev–Trinajstić information content (AvgIpc) is 2.34. The predicted molar refractivity (Wildman–Crippen MR) is 80.1 cm³/mol. The van der Waals surface area contributed by atoms with E-state index in [1.807, 2.05) is 6.92 Å². The van der Waals surface area contributed by atoms with E-state index in [1.54, 1.807) is 18.2 Å². The minimum atomic E-state index is -0.325.